The van der Waals surface area contributed by atoms with Gasteiger partial charge in [0.1, 0.15) is 17.6 Å². The van der Waals surface area contributed by atoms with Gasteiger partial charge in [-0.3, -0.25) is 4.79 Å². The molecular formula is C20H16ClF4N5O2. The van der Waals surface area contributed by atoms with E-state index in [1.54, 1.807) is 6.92 Å². The SMILES string of the molecule is Cc1cc(C#N)cnc1C(=O)Nc1cc(Cl)c(F)c([C@@]2(C)C[C@@H](C(F)(F)F)OC(N)=N2)c1. The number of halogens is 5. The second-order valence-electron chi connectivity index (χ2n) is 7.35. The number of hydrogen-bond donors (Lipinski definition) is 2. The number of anilines is 1. The molecule has 2 atom stereocenters. The Bertz CT molecular complexity index is 1160. The summed E-state index contributed by atoms with van der Waals surface area (Å²) in [6.45, 7) is 2.83. The highest BCUT2D eigenvalue weighted by atomic mass is 35.5. The van der Waals surface area contributed by atoms with Crippen LogP contribution in [0.2, 0.25) is 5.02 Å². The summed E-state index contributed by atoms with van der Waals surface area (Å²) in [5.74, 6) is -1.69. The molecule has 0 radical (unpaired) electrons. The fourth-order valence-corrected chi connectivity index (χ4v) is 3.55. The smallest absolute Gasteiger partial charge is 0.425 e. The van der Waals surface area contributed by atoms with E-state index in [-0.39, 0.29) is 22.5 Å². The number of amidine groups is 1. The van der Waals surface area contributed by atoms with Crippen LogP contribution in [0, 0.1) is 24.1 Å². The van der Waals surface area contributed by atoms with Gasteiger partial charge in [0.25, 0.3) is 11.9 Å². The van der Waals surface area contributed by atoms with Gasteiger partial charge in [-0.1, -0.05) is 11.6 Å². The minimum atomic E-state index is -4.76. The van der Waals surface area contributed by atoms with E-state index in [9.17, 15) is 22.4 Å². The van der Waals surface area contributed by atoms with Gasteiger partial charge in [-0.15, -0.1) is 0 Å². The number of nitrogens with two attached hydrogens (primary N) is 1. The van der Waals surface area contributed by atoms with Crippen molar-refractivity contribution in [2.45, 2.75) is 38.1 Å². The minimum Gasteiger partial charge on any atom is -0.452 e. The Kier molecular flexibility index (Phi) is 6.02. The van der Waals surface area contributed by atoms with Gasteiger partial charge in [0, 0.05) is 23.9 Å². The van der Waals surface area contributed by atoms with Gasteiger partial charge in [-0.25, -0.2) is 14.4 Å². The molecule has 12 heteroatoms. The summed E-state index contributed by atoms with van der Waals surface area (Å²) in [5.41, 5.74) is 4.04. The van der Waals surface area contributed by atoms with Crippen LogP contribution in [0.5, 0.6) is 0 Å². The second kappa shape index (κ2) is 8.27. The summed E-state index contributed by atoms with van der Waals surface area (Å²) in [4.78, 5) is 20.4. The molecule has 1 aromatic carbocycles. The minimum absolute atomic E-state index is 0.00248. The number of ether oxygens (including phenoxy) is 1. The van der Waals surface area contributed by atoms with Crippen molar-refractivity contribution >= 4 is 29.2 Å². The highest BCUT2D eigenvalue weighted by molar-refractivity contribution is 6.31. The van der Waals surface area contributed by atoms with E-state index in [0.717, 1.165) is 12.1 Å². The average Bonchev–Trinajstić information content (AvgIpc) is 2.68. The van der Waals surface area contributed by atoms with Crippen molar-refractivity contribution < 1.29 is 27.1 Å². The standard InChI is InChI=1S/C20H16ClF4N5O2/c1-9-3-10(7-26)8-28-16(9)17(31)29-11-4-12(15(22)13(21)5-11)19(2)6-14(20(23,24)25)32-18(27)30-19/h3-5,8,14H,6H2,1-2H3,(H2,27,30)(H,29,31)/t14-,19+/m0/s1. The highest BCUT2D eigenvalue weighted by Crippen LogP contribution is 2.42. The number of pyridine rings is 1. The molecule has 1 aliphatic heterocycles. The van der Waals surface area contributed by atoms with Gasteiger partial charge >= 0.3 is 6.18 Å². The monoisotopic (exact) mass is 469 g/mol. The Hall–Kier alpha value is -3.39. The van der Waals surface area contributed by atoms with Gasteiger partial charge in [0.05, 0.1) is 16.1 Å². The number of amides is 1. The number of nitrogens with one attached hydrogen (secondary N) is 1. The first-order valence-corrected chi connectivity index (χ1v) is 9.48. The molecule has 7 nitrogen and oxygen atoms in total. The third-order valence-electron chi connectivity index (χ3n) is 4.86. The quantitative estimate of drug-likeness (QED) is 0.654. The predicted octanol–water partition coefficient (Wildman–Crippen LogP) is 4.19. The topological polar surface area (TPSA) is 113 Å². The number of benzene rings is 1. The van der Waals surface area contributed by atoms with Gasteiger partial charge in [0.15, 0.2) is 6.10 Å². The van der Waals surface area contributed by atoms with E-state index < -0.39 is 47.0 Å². The summed E-state index contributed by atoms with van der Waals surface area (Å²) in [6, 6.07) is 4.85. The number of hydrogen-bond acceptors (Lipinski definition) is 6. The number of alkyl halides is 3. The molecule has 3 rings (SSSR count). The Morgan fingerprint density at radius 3 is 2.69 bits per heavy atom. The molecule has 0 aliphatic carbocycles. The number of carbonyl (C=O) groups is 1. The fourth-order valence-electron chi connectivity index (χ4n) is 3.33. The molecule has 2 heterocycles. The Morgan fingerprint density at radius 2 is 2.09 bits per heavy atom. The Labute approximate surface area is 184 Å². The number of aromatic nitrogens is 1. The molecule has 0 unspecified atom stereocenters. The Balaban J connectivity index is 1.99. The fraction of sp³-hybridized carbons (Fsp3) is 0.300. The normalized spacial score (nSPS) is 20.7. The van der Waals surface area contributed by atoms with Gasteiger partial charge < -0.3 is 15.8 Å². The van der Waals surface area contributed by atoms with E-state index in [1.165, 1.54) is 19.2 Å². The van der Waals surface area contributed by atoms with Crippen LogP contribution in [-0.2, 0) is 10.3 Å². The lowest BCUT2D eigenvalue weighted by molar-refractivity contribution is -0.208. The predicted molar refractivity (Wildman–Crippen MR) is 108 cm³/mol. The molecular weight excluding hydrogens is 454 g/mol. The molecule has 1 aliphatic rings. The summed E-state index contributed by atoms with van der Waals surface area (Å²) >= 11 is 5.95. The number of nitrogens with zero attached hydrogens (tertiary/aromatic N) is 3. The van der Waals surface area contributed by atoms with Crippen LogP contribution in [0.3, 0.4) is 0 Å². The molecule has 2 aromatic rings. The van der Waals surface area contributed by atoms with Crippen molar-refractivity contribution in [2.75, 3.05) is 5.32 Å². The van der Waals surface area contributed by atoms with Gasteiger partial charge in [0.2, 0.25) is 0 Å². The molecule has 0 saturated heterocycles. The first-order valence-electron chi connectivity index (χ1n) is 9.10. The maximum atomic E-state index is 14.9. The first kappa shape index (κ1) is 23.3. The molecule has 0 fully saturated rings. The number of aryl methyl sites for hydroxylation is 1. The summed E-state index contributed by atoms with van der Waals surface area (Å²) in [7, 11) is 0. The molecule has 3 N–H and O–H groups in total. The van der Waals surface area contributed by atoms with E-state index in [0.29, 0.717) is 5.56 Å². The van der Waals surface area contributed by atoms with Crippen molar-refractivity contribution in [3.63, 3.8) is 0 Å². The third-order valence-corrected chi connectivity index (χ3v) is 5.13. The van der Waals surface area contributed by atoms with Gasteiger partial charge in [-0.2, -0.15) is 18.4 Å². The van der Waals surface area contributed by atoms with Crippen molar-refractivity contribution in [3.05, 3.63) is 57.6 Å². The van der Waals surface area contributed by atoms with Crippen molar-refractivity contribution in [2.24, 2.45) is 10.7 Å². The zero-order valence-corrected chi connectivity index (χ0v) is 17.5. The maximum Gasteiger partial charge on any atom is 0.425 e. The van der Waals surface area contributed by atoms with E-state index in [1.807, 2.05) is 6.07 Å². The molecule has 0 spiro atoms. The van der Waals surface area contributed by atoms with E-state index in [2.05, 4.69) is 20.0 Å². The molecule has 0 bridgehead atoms. The van der Waals surface area contributed by atoms with Crippen molar-refractivity contribution in [3.8, 4) is 6.07 Å². The van der Waals surface area contributed by atoms with Crippen LogP contribution < -0.4 is 11.1 Å². The number of nitriles is 1. The molecule has 0 saturated carbocycles. The van der Waals surface area contributed by atoms with Crippen LogP contribution in [-0.4, -0.2) is 29.2 Å². The maximum absolute atomic E-state index is 14.9. The zero-order valence-electron chi connectivity index (χ0n) is 16.7. The molecule has 32 heavy (non-hydrogen) atoms. The largest absolute Gasteiger partial charge is 0.452 e. The van der Waals surface area contributed by atoms with Gasteiger partial charge in [-0.05, 0) is 37.6 Å². The lowest BCUT2D eigenvalue weighted by Crippen LogP contribution is -2.46. The summed E-state index contributed by atoms with van der Waals surface area (Å²) in [6.07, 6.45) is -6.60. The van der Waals surface area contributed by atoms with E-state index >= 15 is 0 Å². The summed E-state index contributed by atoms with van der Waals surface area (Å²) < 4.78 is 59.2. The zero-order chi connectivity index (χ0) is 23.8. The lowest BCUT2D eigenvalue weighted by atomic mass is 9.85. The van der Waals surface area contributed by atoms with Crippen LogP contribution in [0.15, 0.2) is 29.4 Å². The Morgan fingerprint density at radius 1 is 1.41 bits per heavy atom. The number of carbonyl (C=O) groups excluding carboxylic acids is 1. The van der Waals surface area contributed by atoms with Crippen LogP contribution in [0.1, 0.15) is 40.5 Å². The van der Waals surface area contributed by atoms with Crippen LogP contribution in [0.4, 0.5) is 23.2 Å². The number of aliphatic imine (C=N–C) groups is 1. The average molecular weight is 470 g/mol. The number of rotatable bonds is 3. The highest BCUT2D eigenvalue weighted by Gasteiger charge is 2.50. The molecule has 168 valence electrons. The lowest BCUT2D eigenvalue weighted by Gasteiger charge is -2.36. The van der Waals surface area contributed by atoms with Crippen molar-refractivity contribution in [1.82, 2.24) is 4.98 Å². The molecule has 1 amide bonds. The van der Waals surface area contributed by atoms with Crippen molar-refractivity contribution in [1.29, 1.82) is 5.26 Å². The first-order chi connectivity index (χ1) is 14.8. The summed E-state index contributed by atoms with van der Waals surface area (Å²) in [5, 5.41) is 11.0. The van der Waals surface area contributed by atoms with E-state index in [4.69, 9.17) is 22.6 Å². The van der Waals surface area contributed by atoms with Crippen LogP contribution in [0.25, 0.3) is 0 Å². The third kappa shape index (κ3) is 4.60. The molecule has 1 aromatic heterocycles. The van der Waals surface area contributed by atoms with Crippen LogP contribution >= 0.6 is 11.6 Å². The second-order valence-corrected chi connectivity index (χ2v) is 7.76.